The van der Waals surface area contributed by atoms with Gasteiger partial charge in [0.1, 0.15) is 0 Å². The Morgan fingerprint density at radius 1 is 1.11 bits per heavy atom. The summed E-state index contributed by atoms with van der Waals surface area (Å²) >= 11 is 0. The van der Waals surface area contributed by atoms with Crippen LogP contribution in [-0.2, 0) is 4.79 Å². The van der Waals surface area contributed by atoms with Crippen LogP contribution in [0.2, 0.25) is 0 Å². The number of amides is 1. The van der Waals surface area contributed by atoms with Gasteiger partial charge in [0.15, 0.2) is 0 Å². The Labute approximate surface area is 105 Å². The molecule has 3 rings (SSSR count). The van der Waals surface area contributed by atoms with Crippen LogP contribution < -0.4 is 10.9 Å². The average molecular weight is 238 g/mol. The van der Waals surface area contributed by atoms with Gasteiger partial charge < -0.3 is 0 Å². The zero-order valence-electron chi connectivity index (χ0n) is 10.2. The third kappa shape index (κ3) is 1.79. The predicted molar refractivity (Wildman–Crippen MR) is 72.8 cm³/mol. The minimum atomic E-state index is -0.0420. The molecular formula is C15H14N2O. The normalized spacial score (nSPS) is 17.4. The fourth-order valence-corrected chi connectivity index (χ4v) is 2.30. The minimum absolute atomic E-state index is 0.0420. The highest BCUT2D eigenvalue weighted by molar-refractivity contribution is 6.02. The Balaban J connectivity index is 2.18. The van der Waals surface area contributed by atoms with Gasteiger partial charge >= 0.3 is 0 Å². The van der Waals surface area contributed by atoms with E-state index < -0.39 is 0 Å². The quantitative estimate of drug-likeness (QED) is 0.747. The number of hydrogen-bond donors (Lipinski definition) is 2. The van der Waals surface area contributed by atoms with E-state index in [0.717, 1.165) is 11.1 Å². The van der Waals surface area contributed by atoms with Crippen molar-refractivity contribution in [2.45, 2.75) is 6.92 Å². The number of aryl methyl sites for hydroxylation is 1. The second-order valence-electron chi connectivity index (χ2n) is 4.49. The molecule has 1 aliphatic heterocycles. The van der Waals surface area contributed by atoms with Crippen LogP contribution in [0.15, 0.2) is 42.0 Å². The van der Waals surface area contributed by atoms with Crippen molar-refractivity contribution in [3.8, 4) is 0 Å². The number of benzene rings is 2. The summed E-state index contributed by atoms with van der Waals surface area (Å²) < 4.78 is 0. The minimum Gasteiger partial charge on any atom is -0.287 e. The SMILES string of the molecule is Cc1cccc2c(/C=C3\CNNC3=O)cccc12. The Hall–Kier alpha value is -2.13. The maximum atomic E-state index is 11.5. The maximum absolute atomic E-state index is 11.5. The van der Waals surface area contributed by atoms with Crippen LogP contribution >= 0.6 is 0 Å². The number of nitrogens with one attached hydrogen (secondary N) is 2. The highest BCUT2D eigenvalue weighted by Gasteiger charge is 2.15. The van der Waals surface area contributed by atoms with Crippen LogP contribution in [0.1, 0.15) is 11.1 Å². The summed E-state index contributed by atoms with van der Waals surface area (Å²) in [5.74, 6) is -0.0420. The summed E-state index contributed by atoms with van der Waals surface area (Å²) in [4.78, 5) is 11.5. The van der Waals surface area contributed by atoms with Gasteiger partial charge in [-0.25, -0.2) is 5.43 Å². The predicted octanol–water partition coefficient (Wildman–Crippen LogP) is 2.17. The van der Waals surface area contributed by atoms with Crippen molar-refractivity contribution in [3.05, 3.63) is 53.1 Å². The standard InChI is InChI=1S/C15H14N2O/c1-10-4-2-7-14-11(5-3-6-13(10)14)8-12-9-16-17-15(12)18/h2-8,16H,9H2,1H3,(H,17,18)/b12-8+. The molecule has 18 heavy (non-hydrogen) atoms. The molecule has 0 bridgehead atoms. The molecule has 2 aromatic rings. The zero-order valence-corrected chi connectivity index (χ0v) is 10.2. The summed E-state index contributed by atoms with van der Waals surface area (Å²) in [7, 11) is 0. The van der Waals surface area contributed by atoms with E-state index in [4.69, 9.17) is 0 Å². The van der Waals surface area contributed by atoms with E-state index in [0.29, 0.717) is 6.54 Å². The molecule has 1 fully saturated rings. The number of rotatable bonds is 1. The molecule has 3 heteroatoms. The molecule has 2 aromatic carbocycles. The monoisotopic (exact) mass is 238 g/mol. The molecule has 0 aromatic heterocycles. The first-order valence-electron chi connectivity index (χ1n) is 5.98. The first-order valence-corrected chi connectivity index (χ1v) is 5.98. The molecule has 1 saturated heterocycles. The van der Waals surface area contributed by atoms with Crippen LogP contribution in [0.3, 0.4) is 0 Å². The Kier molecular flexibility index (Phi) is 2.61. The van der Waals surface area contributed by atoms with E-state index in [9.17, 15) is 4.79 Å². The summed E-state index contributed by atoms with van der Waals surface area (Å²) in [5, 5.41) is 2.42. The van der Waals surface area contributed by atoms with Crippen molar-refractivity contribution in [3.63, 3.8) is 0 Å². The van der Waals surface area contributed by atoms with Crippen LogP contribution in [0.5, 0.6) is 0 Å². The molecule has 0 saturated carbocycles. The van der Waals surface area contributed by atoms with Crippen molar-refractivity contribution in [1.82, 2.24) is 10.9 Å². The summed E-state index contributed by atoms with van der Waals surface area (Å²) in [6.07, 6.45) is 1.96. The number of carbonyl (C=O) groups is 1. The van der Waals surface area contributed by atoms with Crippen molar-refractivity contribution in [2.24, 2.45) is 0 Å². The molecule has 0 spiro atoms. The van der Waals surface area contributed by atoms with Gasteiger partial charge in [0.05, 0.1) is 0 Å². The summed E-state index contributed by atoms with van der Waals surface area (Å²) in [6, 6.07) is 12.4. The third-order valence-electron chi connectivity index (χ3n) is 3.28. The molecule has 2 N–H and O–H groups in total. The van der Waals surface area contributed by atoms with Crippen LogP contribution in [-0.4, -0.2) is 12.5 Å². The van der Waals surface area contributed by atoms with Crippen molar-refractivity contribution in [1.29, 1.82) is 0 Å². The highest BCUT2D eigenvalue weighted by atomic mass is 16.2. The van der Waals surface area contributed by atoms with E-state index in [1.165, 1.54) is 16.3 Å². The number of carbonyl (C=O) groups excluding carboxylic acids is 1. The Morgan fingerprint density at radius 2 is 1.89 bits per heavy atom. The van der Waals surface area contributed by atoms with Crippen LogP contribution in [0.4, 0.5) is 0 Å². The van der Waals surface area contributed by atoms with Gasteiger partial charge in [-0.3, -0.25) is 10.2 Å². The number of hydrogen-bond acceptors (Lipinski definition) is 2. The Morgan fingerprint density at radius 3 is 2.67 bits per heavy atom. The summed E-state index contributed by atoms with van der Waals surface area (Å²) in [5.41, 5.74) is 8.53. The molecule has 0 unspecified atom stereocenters. The van der Waals surface area contributed by atoms with Crippen LogP contribution in [0.25, 0.3) is 16.8 Å². The lowest BCUT2D eigenvalue weighted by Crippen LogP contribution is -2.25. The Bertz CT molecular complexity index is 659. The van der Waals surface area contributed by atoms with Gasteiger partial charge in [0.25, 0.3) is 5.91 Å². The van der Waals surface area contributed by atoms with Crippen molar-refractivity contribution < 1.29 is 4.79 Å². The maximum Gasteiger partial charge on any atom is 0.262 e. The first kappa shape index (κ1) is 11.0. The third-order valence-corrected chi connectivity index (χ3v) is 3.28. The molecule has 1 aliphatic rings. The van der Waals surface area contributed by atoms with Gasteiger partial charge in [-0.2, -0.15) is 0 Å². The van der Waals surface area contributed by atoms with Gasteiger partial charge in [-0.05, 0) is 34.9 Å². The van der Waals surface area contributed by atoms with Crippen LogP contribution in [0, 0.1) is 6.92 Å². The average Bonchev–Trinajstić information content (AvgIpc) is 2.77. The summed E-state index contributed by atoms with van der Waals surface area (Å²) in [6.45, 7) is 2.67. The fourth-order valence-electron chi connectivity index (χ4n) is 2.30. The van der Waals surface area contributed by atoms with Crippen molar-refractivity contribution in [2.75, 3.05) is 6.54 Å². The largest absolute Gasteiger partial charge is 0.287 e. The fraction of sp³-hybridized carbons (Fsp3) is 0.133. The van der Waals surface area contributed by atoms with Crippen molar-refractivity contribution >= 4 is 22.8 Å². The second kappa shape index (κ2) is 4.27. The van der Waals surface area contributed by atoms with E-state index in [2.05, 4.69) is 36.0 Å². The smallest absolute Gasteiger partial charge is 0.262 e. The first-order chi connectivity index (χ1) is 8.75. The molecule has 0 aliphatic carbocycles. The molecule has 90 valence electrons. The molecule has 0 atom stereocenters. The molecule has 3 nitrogen and oxygen atoms in total. The van der Waals surface area contributed by atoms with E-state index in [1.807, 2.05) is 24.3 Å². The molecule has 0 radical (unpaired) electrons. The van der Waals surface area contributed by atoms with E-state index in [1.54, 1.807) is 0 Å². The lowest BCUT2D eigenvalue weighted by molar-refractivity contribution is -0.116. The number of fused-ring (bicyclic) bond motifs is 1. The lowest BCUT2D eigenvalue weighted by Gasteiger charge is -2.05. The topological polar surface area (TPSA) is 41.1 Å². The molecule has 1 amide bonds. The number of hydrazine groups is 1. The van der Waals surface area contributed by atoms with E-state index in [-0.39, 0.29) is 5.91 Å². The second-order valence-corrected chi connectivity index (χ2v) is 4.49. The highest BCUT2D eigenvalue weighted by Crippen LogP contribution is 2.24. The van der Waals surface area contributed by atoms with Gasteiger partial charge in [-0.1, -0.05) is 36.4 Å². The van der Waals surface area contributed by atoms with Gasteiger partial charge in [0, 0.05) is 12.1 Å². The van der Waals surface area contributed by atoms with E-state index >= 15 is 0 Å². The molecular weight excluding hydrogens is 224 g/mol. The van der Waals surface area contributed by atoms with Gasteiger partial charge in [0.2, 0.25) is 0 Å². The lowest BCUT2D eigenvalue weighted by atomic mass is 9.99. The van der Waals surface area contributed by atoms with Gasteiger partial charge in [-0.15, -0.1) is 0 Å². The zero-order chi connectivity index (χ0) is 12.5. The molecule has 1 heterocycles.